The van der Waals surface area contributed by atoms with Crippen LogP contribution in [0, 0.1) is 0 Å². The largest absolute Gasteiger partial charge is 0.257 e. The second kappa shape index (κ2) is 4.54. The van der Waals surface area contributed by atoms with E-state index in [2.05, 4.69) is 26.2 Å². The Morgan fingerprint density at radius 3 is 2.50 bits per heavy atom. The van der Waals surface area contributed by atoms with E-state index in [-0.39, 0.29) is 0 Å². The third-order valence-corrected chi connectivity index (χ3v) is 4.06. The molecule has 0 saturated carbocycles. The first-order chi connectivity index (χ1) is 9.90. The lowest BCUT2D eigenvalue weighted by Gasteiger charge is -1.91. The van der Waals surface area contributed by atoms with Crippen LogP contribution in [0.25, 0.3) is 32.4 Å². The van der Waals surface area contributed by atoms with Crippen molar-refractivity contribution in [1.82, 2.24) is 20.2 Å². The molecular formula is C15H10N4S. The standard InChI is InChI=1S/C15H10N4S/c1-2-6-10(7-3-1)13-17-14(19-18-13)15-16-11-8-4-5-9-12(11)20-15/h1-9H,(H,17,18,19). The number of aromatic amines is 1. The maximum Gasteiger partial charge on any atom is 0.185 e. The second-order valence-electron chi connectivity index (χ2n) is 4.36. The Labute approximate surface area is 119 Å². The highest BCUT2D eigenvalue weighted by Gasteiger charge is 2.11. The molecule has 0 fully saturated rings. The zero-order valence-corrected chi connectivity index (χ0v) is 11.3. The molecule has 20 heavy (non-hydrogen) atoms. The predicted molar refractivity (Wildman–Crippen MR) is 80.4 cm³/mol. The van der Waals surface area contributed by atoms with E-state index in [0.29, 0.717) is 11.6 Å². The van der Waals surface area contributed by atoms with Gasteiger partial charge in [0.25, 0.3) is 0 Å². The van der Waals surface area contributed by atoms with Crippen LogP contribution in [0.15, 0.2) is 54.6 Å². The number of nitrogens with zero attached hydrogens (tertiary/aromatic N) is 3. The highest BCUT2D eigenvalue weighted by atomic mass is 32.1. The van der Waals surface area contributed by atoms with Crippen LogP contribution in [-0.2, 0) is 0 Å². The molecule has 0 aliphatic carbocycles. The van der Waals surface area contributed by atoms with Crippen LogP contribution in [0.3, 0.4) is 0 Å². The highest BCUT2D eigenvalue weighted by molar-refractivity contribution is 7.21. The monoisotopic (exact) mass is 278 g/mol. The molecule has 0 unspecified atom stereocenters. The molecule has 2 aromatic heterocycles. The summed E-state index contributed by atoms with van der Waals surface area (Å²) in [7, 11) is 0. The molecule has 0 saturated heterocycles. The lowest BCUT2D eigenvalue weighted by Crippen LogP contribution is -1.79. The van der Waals surface area contributed by atoms with Crippen molar-refractivity contribution in [3.63, 3.8) is 0 Å². The van der Waals surface area contributed by atoms with Gasteiger partial charge in [0.15, 0.2) is 16.7 Å². The number of para-hydroxylation sites is 1. The van der Waals surface area contributed by atoms with Gasteiger partial charge in [0.1, 0.15) is 0 Å². The van der Waals surface area contributed by atoms with E-state index < -0.39 is 0 Å². The maximum atomic E-state index is 4.57. The summed E-state index contributed by atoms with van der Waals surface area (Å²) in [5, 5.41) is 8.09. The van der Waals surface area contributed by atoms with Gasteiger partial charge in [-0.15, -0.1) is 11.3 Å². The fourth-order valence-electron chi connectivity index (χ4n) is 2.05. The SMILES string of the molecule is c1ccc(-c2n[nH]c(-c3nc4ccccc4s3)n2)cc1. The molecule has 96 valence electrons. The van der Waals surface area contributed by atoms with Gasteiger partial charge in [-0.2, -0.15) is 5.10 Å². The van der Waals surface area contributed by atoms with Crippen LogP contribution in [0.2, 0.25) is 0 Å². The van der Waals surface area contributed by atoms with Gasteiger partial charge in [-0.05, 0) is 12.1 Å². The maximum absolute atomic E-state index is 4.57. The van der Waals surface area contributed by atoms with Crippen LogP contribution in [0.4, 0.5) is 0 Å². The fraction of sp³-hybridized carbons (Fsp3) is 0. The number of fused-ring (bicyclic) bond motifs is 1. The van der Waals surface area contributed by atoms with Crippen LogP contribution in [-0.4, -0.2) is 20.2 Å². The Morgan fingerprint density at radius 2 is 1.65 bits per heavy atom. The van der Waals surface area contributed by atoms with Crippen LogP contribution in [0.5, 0.6) is 0 Å². The van der Waals surface area contributed by atoms with Gasteiger partial charge in [-0.25, -0.2) is 9.97 Å². The third kappa shape index (κ3) is 1.88. The minimum absolute atomic E-state index is 0.694. The summed E-state index contributed by atoms with van der Waals surface area (Å²) in [6.07, 6.45) is 0. The molecule has 1 N–H and O–H groups in total. The Hall–Kier alpha value is -2.53. The van der Waals surface area contributed by atoms with Crippen molar-refractivity contribution in [3.05, 3.63) is 54.6 Å². The van der Waals surface area contributed by atoms with Crippen molar-refractivity contribution >= 4 is 21.6 Å². The molecule has 4 rings (SSSR count). The summed E-state index contributed by atoms with van der Waals surface area (Å²) >= 11 is 1.61. The molecule has 0 bridgehead atoms. The Balaban J connectivity index is 1.78. The minimum atomic E-state index is 0.694. The zero-order valence-electron chi connectivity index (χ0n) is 10.4. The average Bonchev–Trinajstić information content (AvgIpc) is 3.14. The van der Waals surface area contributed by atoms with E-state index in [4.69, 9.17) is 0 Å². The lowest BCUT2D eigenvalue weighted by atomic mass is 10.2. The van der Waals surface area contributed by atoms with E-state index in [1.807, 2.05) is 48.5 Å². The normalized spacial score (nSPS) is 11.0. The first-order valence-electron chi connectivity index (χ1n) is 6.24. The molecule has 2 aromatic carbocycles. The van der Waals surface area contributed by atoms with Crippen LogP contribution in [0.1, 0.15) is 0 Å². The van der Waals surface area contributed by atoms with E-state index in [9.17, 15) is 0 Å². The molecule has 4 nitrogen and oxygen atoms in total. The van der Waals surface area contributed by atoms with Crippen molar-refractivity contribution in [1.29, 1.82) is 0 Å². The number of nitrogens with one attached hydrogen (secondary N) is 1. The van der Waals surface area contributed by atoms with Gasteiger partial charge in [-0.3, -0.25) is 5.10 Å². The molecular weight excluding hydrogens is 268 g/mol. The topological polar surface area (TPSA) is 54.5 Å². The molecule has 0 atom stereocenters. The summed E-state index contributed by atoms with van der Waals surface area (Å²) in [6.45, 7) is 0. The number of benzene rings is 2. The van der Waals surface area contributed by atoms with Crippen molar-refractivity contribution in [3.8, 4) is 22.2 Å². The van der Waals surface area contributed by atoms with Crippen molar-refractivity contribution in [2.24, 2.45) is 0 Å². The van der Waals surface area contributed by atoms with Gasteiger partial charge >= 0.3 is 0 Å². The zero-order chi connectivity index (χ0) is 13.4. The first-order valence-corrected chi connectivity index (χ1v) is 7.05. The molecule has 0 aliphatic rings. The third-order valence-electron chi connectivity index (χ3n) is 3.01. The first kappa shape index (κ1) is 11.3. The Morgan fingerprint density at radius 1 is 0.850 bits per heavy atom. The number of rotatable bonds is 2. The summed E-state index contributed by atoms with van der Waals surface area (Å²) in [4.78, 5) is 9.10. The summed E-state index contributed by atoms with van der Waals surface area (Å²) < 4.78 is 1.15. The second-order valence-corrected chi connectivity index (χ2v) is 5.39. The van der Waals surface area contributed by atoms with Crippen molar-refractivity contribution in [2.45, 2.75) is 0 Å². The quantitative estimate of drug-likeness (QED) is 0.607. The molecule has 5 heteroatoms. The van der Waals surface area contributed by atoms with Crippen LogP contribution >= 0.6 is 11.3 Å². The van der Waals surface area contributed by atoms with E-state index in [1.165, 1.54) is 0 Å². The summed E-state index contributed by atoms with van der Waals surface area (Å²) in [6, 6.07) is 18.0. The van der Waals surface area contributed by atoms with E-state index >= 15 is 0 Å². The Bertz CT molecular complexity index is 831. The number of thiazole rings is 1. The molecule has 0 radical (unpaired) electrons. The lowest BCUT2D eigenvalue weighted by molar-refractivity contribution is 1.10. The smallest absolute Gasteiger partial charge is 0.185 e. The predicted octanol–water partition coefficient (Wildman–Crippen LogP) is 3.75. The molecule has 0 aliphatic heterocycles. The Kier molecular flexibility index (Phi) is 2.57. The number of H-pyrrole nitrogens is 1. The number of aromatic nitrogens is 4. The number of hydrogen-bond donors (Lipinski definition) is 1. The van der Waals surface area contributed by atoms with Crippen LogP contribution < -0.4 is 0 Å². The van der Waals surface area contributed by atoms with Gasteiger partial charge < -0.3 is 0 Å². The van der Waals surface area contributed by atoms with Crippen molar-refractivity contribution < 1.29 is 0 Å². The summed E-state index contributed by atoms with van der Waals surface area (Å²) in [5.41, 5.74) is 1.99. The van der Waals surface area contributed by atoms with E-state index in [0.717, 1.165) is 20.8 Å². The fourth-order valence-corrected chi connectivity index (χ4v) is 2.95. The van der Waals surface area contributed by atoms with Gasteiger partial charge in [0.05, 0.1) is 10.2 Å². The molecule has 0 spiro atoms. The molecule has 0 amide bonds. The number of hydrogen-bond acceptors (Lipinski definition) is 4. The highest BCUT2D eigenvalue weighted by Crippen LogP contribution is 2.28. The van der Waals surface area contributed by atoms with Gasteiger partial charge in [-0.1, -0.05) is 42.5 Å². The van der Waals surface area contributed by atoms with E-state index in [1.54, 1.807) is 11.3 Å². The van der Waals surface area contributed by atoms with Gasteiger partial charge in [0.2, 0.25) is 0 Å². The average molecular weight is 278 g/mol. The molecule has 2 heterocycles. The van der Waals surface area contributed by atoms with Crippen molar-refractivity contribution in [2.75, 3.05) is 0 Å². The molecule has 4 aromatic rings. The van der Waals surface area contributed by atoms with Gasteiger partial charge in [0, 0.05) is 5.56 Å². The minimum Gasteiger partial charge on any atom is -0.257 e. The summed E-state index contributed by atoms with van der Waals surface area (Å²) in [5.74, 6) is 1.41.